The molecular formula is C15H27N3OS. The Bertz CT molecular complexity index is 402. The SMILES string of the molecule is CCCNCC1(CN(C)Cc2csc(C)n2)CCOC1. The van der Waals surface area contributed by atoms with Crippen LogP contribution in [-0.4, -0.2) is 49.8 Å². The summed E-state index contributed by atoms with van der Waals surface area (Å²) in [5, 5.41) is 6.89. The van der Waals surface area contributed by atoms with Crippen molar-refractivity contribution >= 4 is 11.3 Å². The second-order valence-electron chi connectivity index (χ2n) is 6.01. The van der Waals surface area contributed by atoms with Crippen LogP contribution in [0.25, 0.3) is 0 Å². The summed E-state index contributed by atoms with van der Waals surface area (Å²) in [7, 11) is 2.19. The van der Waals surface area contributed by atoms with Gasteiger partial charge in [-0.1, -0.05) is 6.92 Å². The van der Waals surface area contributed by atoms with Gasteiger partial charge in [-0.15, -0.1) is 11.3 Å². The van der Waals surface area contributed by atoms with E-state index in [-0.39, 0.29) is 5.41 Å². The van der Waals surface area contributed by atoms with Gasteiger partial charge in [0, 0.05) is 37.0 Å². The first-order valence-electron chi connectivity index (χ1n) is 7.51. The van der Waals surface area contributed by atoms with Crippen molar-refractivity contribution in [3.8, 4) is 0 Å². The summed E-state index contributed by atoms with van der Waals surface area (Å²) in [5.41, 5.74) is 1.46. The molecule has 0 aromatic carbocycles. The molecule has 0 amide bonds. The third-order valence-electron chi connectivity index (χ3n) is 3.82. The summed E-state index contributed by atoms with van der Waals surface area (Å²) < 4.78 is 5.67. The van der Waals surface area contributed by atoms with E-state index in [0.29, 0.717) is 0 Å². The van der Waals surface area contributed by atoms with Crippen LogP contribution in [0.5, 0.6) is 0 Å². The number of aryl methyl sites for hydroxylation is 1. The molecule has 1 unspecified atom stereocenters. The Morgan fingerprint density at radius 1 is 1.55 bits per heavy atom. The van der Waals surface area contributed by atoms with Gasteiger partial charge in [0.25, 0.3) is 0 Å². The van der Waals surface area contributed by atoms with E-state index in [1.165, 1.54) is 12.1 Å². The lowest BCUT2D eigenvalue weighted by Gasteiger charge is -2.32. The molecule has 1 N–H and O–H groups in total. The summed E-state index contributed by atoms with van der Waals surface area (Å²) in [6.07, 6.45) is 2.34. The van der Waals surface area contributed by atoms with Crippen LogP contribution < -0.4 is 5.32 Å². The van der Waals surface area contributed by atoms with Gasteiger partial charge < -0.3 is 10.1 Å². The second-order valence-corrected chi connectivity index (χ2v) is 7.07. The fourth-order valence-electron chi connectivity index (χ4n) is 2.89. The molecule has 2 rings (SSSR count). The van der Waals surface area contributed by atoms with Crippen molar-refractivity contribution in [2.75, 3.05) is 39.9 Å². The first-order valence-corrected chi connectivity index (χ1v) is 8.39. The van der Waals surface area contributed by atoms with E-state index in [0.717, 1.165) is 50.8 Å². The monoisotopic (exact) mass is 297 g/mol. The number of nitrogens with zero attached hydrogens (tertiary/aromatic N) is 2. The minimum absolute atomic E-state index is 0.273. The van der Waals surface area contributed by atoms with Crippen LogP contribution in [0, 0.1) is 12.3 Å². The van der Waals surface area contributed by atoms with Crippen molar-refractivity contribution in [2.24, 2.45) is 5.41 Å². The third kappa shape index (κ3) is 4.52. The Hall–Kier alpha value is -0.490. The molecule has 1 aliphatic rings. The van der Waals surface area contributed by atoms with Crippen molar-refractivity contribution in [3.05, 3.63) is 16.1 Å². The van der Waals surface area contributed by atoms with Crippen LogP contribution in [-0.2, 0) is 11.3 Å². The van der Waals surface area contributed by atoms with Crippen LogP contribution >= 0.6 is 11.3 Å². The molecule has 0 aliphatic carbocycles. The molecule has 0 radical (unpaired) electrons. The highest BCUT2D eigenvalue weighted by Gasteiger charge is 2.35. The van der Waals surface area contributed by atoms with Crippen LogP contribution in [0.3, 0.4) is 0 Å². The summed E-state index contributed by atoms with van der Waals surface area (Å²) in [4.78, 5) is 6.94. The average Bonchev–Trinajstić information content (AvgIpc) is 3.00. The van der Waals surface area contributed by atoms with Crippen LogP contribution in [0.1, 0.15) is 30.5 Å². The average molecular weight is 297 g/mol. The van der Waals surface area contributed by atoms with Crippen molar-refractivity contribution in [2.45, 2.75) is 33.2 Å². The van der Waals surface area contributed by atoms with Gasteiger partial charge in [0.05, 0.1) is 17.3 Å². The highest BCUT2D eigenvalue weighted by Crippen LogP contribution is 2.29. The zero-order valence-electron chi connectivity index (χ0n) is 12.9. The molecule has 20 heavy (non-hydrogen) atoms. The predicted molar refractivity (Wildman–Crippen MR) is 84.2 cm³/mol. The lowest BCUT2D eigenvalue weighted by atomic mass is 9.86. The topological polar surface area (TPSA) is 37.4 Å². The second kappa shape index (κ2) is 7.50. The number of ether oxygens (including phenoxy) is 1. The Morgan fingerprint density at radius 2 is 2.40 bits per heavy atom. The fraction of sp³-hybridized carbons (Fsp3) is 0.800. The number of hydrogen-bond acceptors (Lipinski definition) is 5. The minimum atomic E-state index is 0.273. The summed E-state index contributed by atoms with van der Waals surface area (Å²) >= 11 is 1.73. The Balaban J connectivity index is 1.86. The number of aromatic nitrogens is 1. The van der Waals surface area contributed by atoms with Gasteiger partial charge in [-0.3, -0.25) is 4.90 Å². The maximum atomic E-state index is 5.67. The third-order valence-corrected chi connectivity index (χ3v) is 4.64. The van der Waals surface area contributed by atoms with E-state index in [2.05, 4.69) is 41.5 Å². The first-order chi connectivity index (χ1) is 9.63. The molecule has 1 atom stereocenters. The van der Waals surface area contributed by atoms with Gasteiger partial charge in [-0.25, -0.2) is 4.98 Å². The van der Waals surface area contributed by atoms with Gasteiger partial charge in [0.1, 0.15) is 0 Å². The molecule has 5 heteroatoms. The first kappa shape index (κ1) is 15.9. The normalized spacial score (nSPS) is 22.8. The Kier molecular flexibility index (Phi) is 5.96. The molecule has 1 saturated heterocycles. The highest BCUT2D eigenvalue weighted by atomic mass is 32.1. The van der Waals surface area contributed by atoms with E-state index in [1.54, 1.807) is 11.3 Å². The molecule has 0 spiro atoms. The Labute approximate surface area is 126 Å². The molecule has 114 valence electrons. The van der Waals surface area contributed by atoms with Crippen molar-refractivity contribution in [3.63, 3.8) is 0 Å². The molecule has 1 aliphatic heterocycles. The van der Waals surface area contributed by atoms with Crippen LogP contribution in [0.4, 0.5) is 0 Å². The smallest absolute Gasteiger partial charge is 0.0897 e. The van der Waals surface area contributed by atoms with Gasteiger partial charge in [-0.05, 0) is 33.4 Å². The quantitative estimate of drug-likeness (QED) is 0.747. The summed E-state index contributed by atoms with van der Waals surface area (Å²) in [6, 6.07) is 0. The maximum Gasteiger partial charge on any atom is 0.0897 e. The lowest BCUT2D eigenvalue weighted by molar-refractivity contribution is 0.116. The summed E-state index contributed by atoms with van der Waals surface area (Å²) in [5.74, 6) is 0. The molecule has 0 saturated carbocycles. The zero-order valence-corrected chi connectivity index (χ0v) is 13.8. The van der Waals surface area contributed by atoms with Crippen molar-refractivity contribution in [1.29, 1.82) is 0 Å². The molecule has 0 bridgehead atoms. The van der Waals surface area contributed by atoms with Gasteiger partial charge in [0.2, 0.25) is 0 Å². The predicted octanol–water partition coefficient (Wildman–Crippen LogP) is 2.29. The maximum absolute atomic E-state index is 5.67. The number of nitrogens with one attached hydrogen (secondary N) is 1. The van der Waals surface area contributed by atoms with E-state index in [4.69, 9.17) is 4.74 Å². The molecule has 1 aromatic rings. The molecule has 2 heterocycles. The zero-order chi connectivity index (χ0) is 14.4. The standard InChI is InChI=1S/C15H27N3OS/c1-4-6-16-10-15(5-7-19-12-15)11-18(3)8-14-9-20-13(2)17-14/h9,16H,4-8,10-12H2,1-3H3. The van der Waals surface area contributed by atoms with Gasteiger partial charge >= 0.3 is 0 Å². The fourth-order valence-corrected chi connectivity index (χ4v) is 3.49. The number of hydrogen-bond donors (Lipinski definition) is 1. The van der Waals surface area contributed by atoms with Crippen molar-refractivity contribution in [1.82, 2.24) is 15.2 Å². The van der Waals surface area contributed by atoms with E-state index < -0.39 is 0 Å². The van der Waals surface area contributed by atoms with E-state index >= 15 is 0 Å². The lowest BCUT2D eigenvalue weighted by Crippen LogP contribution is -2.43. The Morgan fingerprint density at radius 3 is 3.00 bits per heavy atom. The number of thiazole rings is 1. The summed E-state index contributed by atoms with van der Waals surface area (Å²) in [6.45, 7) is 10.2. The largest absolute Gasteiger partial charge is 0.381 e. The van der Waals surface area contributed by atoms with Gasteiger partial charge in [0.15, 0.2) is 0 Å². The molecule has 1 fully saturated rings. The van der Waals surface area contributed by atoms with Crippen LogP contribution in [0.2, 0.25) is 0 Å². The minimum Gasteiger partial charge on any atom is -0.381 e. The molecule has 4 nitrogen and oxygen atoms in total. The van der Waals surface area contributed by atoms with E-state index in [9.17, 15) is 0 Å². The molecule has 1 aromatic heterocycles. The van der Waals surface area contributed by atoms with Crippen LogP contribution in [0.15, 0.2) is 5.38 Å². The molecular weight excluding hydrogens is 270 g/mol. The van der Waals surface area contributed by atoms with E-state index in [1.807, 2.05) is 0 Å². The number of rotatable bonds is 8. The van der Waals surface area contributed by atoms with Crippen molar-refractivity contribution < 1.29 is 4.74 Å². The van der Waals surface area contributed by atoms with Gasteiger partial charge in [-0.2, -0.15) is 0 Å². The highest BCUT2D eigenvalue weighted by molar-refractivity contribution is 7.09.